The van der Waals surface area contributed by atoms with E-state index in [1.165, 1.54) is 4.90 Å². The number of nitrogens with zero attached hydrogens (tertiary/aromatic N) is 1. The third kappa shape index (κ3) is 3.66. The number of likely N-dealkylation sites (tertiary alicyclic amines) is 1. The number of aliphatic hydroxyl groups is 2. The molecule has 0 spiro atoms. The van der Waals surface area contributed by atoms with Gasteiger partial charge in [-0.2, -0.15) is 0 Å². The Hall–Kier alpha value is -1.87. The molecule has 2 N–H and O–H groups in total. The number of amides is 1. The van der Waals surface area contributed by atoms with Crippen LogP contribution in [-0.2, 0) is 16.1 Å². The van der Waals surface area contributed by atoms with E-state index in [-0.39, 0.29) is 5.91 Å². The van der Waals surface area contributed by atoms with Crippen molar-refractivity contribution in [1.82, 2.24) is 4.90 Å². The number of unbranched alkanes of at least 4 members (excludes halogenated alkanes) is 1. The van der Waals surface area contributed by atoms with Gasteiger partial charge in [0, 0.05) is 13.0 Å². The summed E-state index contributed by atoms with van der Waals surface area (Å²) in [5, 5.41) is 19.1. The highest BCUT2D eigenvalue weighted by Gasteiger charge is 2.51. The minimum Gasteiger partial charge on any atom is -0.394 e. The van der Waals surface area contributed by atoms with Crippen molar-refractivity contribution in [2.45, 2.75) is 37.7 Å². The second kappa shape index (κ2) is 7.95. The fourth-order valence-corrected chi connectivity index (χ4v) is 2.60. The molecular formula is C17H21NO4. The fraction of sp³-hybridized carbons (Fsp3) is 0.471. The highest BCUT2D eigenvalue weighted by Crippen LogP contribution is 2.27. The largest absolute Gasteiger partial charge is 0.394 e. The third-order valence-electron chi connectivity index (χ3n) is 3.77. The lowest BCUT2D eigenvalue weighted by Gasteiger charge is -2.48. The van der Waals surface area contributed by atoms with Gasteiger partial charge in [-0.15, -0.1) is 12.3 Å². The molecule has 0 aliphatic carbocycles. The van der Waals surface area contributed by atoms with Gasteiger partial charge in [0.05, 0.1) is 19.3 Å². The summed E-state index contributed by atoms with van der Waals surface area (Å²) >= 11 is 0. The minimum absolute atomic E-state index is 0.162. The third-order valence-corrected chi connectivity index (χ3v) is 3.77. The van der Waals surface area contributed by atoms with Crippen LogP contribution in [0.1, 0.15) is 18.4 Å². The van der Waals surface area contributed by atoms with E-state index < -0.39 is 24.9 Å². The Morgan fingerprint density at radius 2 is 2.09 bits per heavy atom. The second-order valence-corrected chi connectivity index (χ2v) is 5.30. The highest BCUT2D eigenvalue weighted by atomic mass is 16.5. The zero-order chi connectivity index (χ0) is 15.9. The van der Waals surface area contributed by atoms with E-state index in [0.717, 1.165) is 5.56 Å². The van der Waals surface area contributed by atoms with Gasteiger partial charge in [0.2, 0.25) is 0 Å². The number of ether oxygens (including phenoxy) is 1. The van der Waals surface area contributed by atoms with Crippen LogP contribution in [-0.4, -0.2) is 52.4 Å². The quantitative estimate of drug-likeness (QED) is 0.418. The predicted molar refractivity (Wildman–Crippen MR) is 81.7 cm³/mol. The van der Waals surface area contributed by atoms with Crippen molar-refractivity contribution in [1.29, 1.82) is 0 Å². The molecule has 0 saturated carbocycles. The molecule has 1 saturated heterocycles. The van der Waals surface area contributed by atoms with Crippen molar-refractivity contribution < 1.29 is 19.7 Å². The van der Waals surface area contributed by atoms with Crippen molar-refractivity contribution in [2.75, 3.05) is 13.2 Å². The molecule has 1 aromatic rings. The minimum atomic E-state index is -1.01. The molecule has 1 aromatic carbocycles. The van der Waals surface area contributed by atoms with Crippen LogP contribution < -0.4 is 0 Å². The lowest BCUT2D eigenvalue weighted by molar-refractivity contribution is -0.189. The number of terminal acetylenes is 1. The van der Waals surface area contributed by atoms with E-state index in [1.807, 2.05) is 30.3 Å². The maximum atomic E-state index is 12.2. The van der Waals surface area contributed by atoms with E-state index >= 15 is 0 Å². The van der Waals surface area contributed by atoms with Crippen LogP contribution in [0, 0.1) is 12.3 Å². The van der Waals surface area contributed by atoms with Crippen molar-refractivity contribution in [2.24, 2.45) is 0 Å². The summed E-state index contributed by atoms with van der Waals surface area (Å²) in [5.41, 5.74) is 0.957. The van der Waals surface area contributed by atoms with Gasteiger partial charge in [0.25, 0.3) is 5.91 Å². The topological polar surface area (TPSA) is 70.0 Å². The van der Waals surface area contributed by atoms with Crippen LogP contribution in [0.5, 0.6) is 0 Å². The lowest BCUT2D eigenvalue weighted by Crippen LogP contribution is -2.70. The Morgan fingerprint density at radius 1 is 1.36 bits per heavy atom. The summed E-state index contributed by atoms with van der Waals surface area (Å²) < 4.78 is 5.65. The number of carbonyl (C=O) groups excluding carboxylic acids is 1. The maximum absolute atomic E-state index is 12.2. The number of carbonyl (C=O) groups is 1. The zero-order valence-corrected chi connectivity index (χ0v) is 12.4. The summed E-state index contributed by atoms with van der Waals surface area (Å²) in [7, 11) is 0. The van der Waals surface area contributed by atoms with E-state index in [2.05, 4.69) is 5.92 Å². The van der Waals surface area contributed by atoms with Crippen LogP contribution >= 0.6 is 0 Å². The first-order valence-electron chi connectivity index (χ1n) is 7.37. The first-order chi connectivity index (χ1) is 10.7. The number of benzene rings is 1. The molecule has 0 aromatic heterocycles. The average Bonchev–Trinajstić information content (AvgIpc) is 2.56. The number of rotatable bonds is 8. The summed E-state index contributed by atoms with van der Waals surface area (Å²) in [6.07, 6.45) is 4.72. The summed E-state index contributed by atoms with van der Waals surface area (Å²) in [4.78, 5) is 13.7. The smallest absolute Gasteiger partial charge is 0.254 e. The van der Waals surface area contributed by atoms with Crippen molar-refractivity contribution in [3.63, 3.8) is 0 Å². The lowest BCUT2D eigenvalue weighted by atomic mass is 9.92. The Balaban J connectivity index is 1.94. The zero-order valence-electron chi connectivity index (χ0n) is 12.4. The number of hydrogen-bond donors (Lipinski definition) is 2. The molecule has 0 bridgehead atoms. The van der Waals surface area contributed by atoms with Gasteiger partial charge in [-0.05, 0) is 12.0 Å². The number of hydrogen-bond acceptors (Lipinski definition) is 4. The van der Waals surface area contributed by atoms with Gasteiger partial charge in [0.15, 0.2) is 6.10 Å². The number of β-lactam (4-membered cyclic amide) rings is 1. The molecule has 5 heteroatoms. The Bertz CT molecular complexity index is 525. The average molecular weight is 303 g/mol. The van der Waals surface area contributed by atoms with Crippen molar-refractivity contribution in [3.8, 4) is 12.3 Å². The first kappa shape index (κ1) is 16.5. The van der Waals surface area contributed by atoms with E-state index in [4.69, 9.17) is 11.2 Å². The van der Waals surface area contributed by atoms with Crippen LogP contribution in [0.2, 0.25) is 0 Å². The van der Waals surface area contributed by atoms with Crippen LogP contribution in [0.4, 0.5) is 0 Å². The van der Waals surface area contributed by atoms with E-state index in [9.17, 15) is 15.0 Å². The SMILES string of the molecule is C#CCCCN1C(=O)[C@H](OCc2ccccc2)[C@@H]1[C@H](O)CO. The molecule has 0 unspecified atom stereocenters. The molecule has 3 atom stereocenters. The summed E-state index contributed by atoms with van der Waals surface area (Å²) in [6.45, 7) is 0.356. The Morgan fingerprint density at radius 3 is 2.73 bits per heavy atom. The summed E-state index contributed by atoms with van der Waals surface area (Å²) in [5.74, 6) is 2.36. The molecule has 1 heterocycles. The van der Waals surface area contributed by atoms with Gasteiger partial charge in [-0.1, -0.05) is 30.3 Å². The Labute approximate surface area is 130 Å². The van der Waals surface area contributed by atoms with Gasteiger partial charge in [0.1, 0.15) is 6.10 Å². The Kier molecular flexibility index (Phi) is 5.96. The van der Waals surface area contributed by atoms with Gasteiger partial charge in [-0.3, -0.25) is 4.79 Å². The van der Waals surface area contributed by atoms with Crippen LogP contribution in [0.25, 0.3) is 0 Å². The second-order valence-electron chi connectivity index (χ2n) is 5.30. The van der Waals surface area contributed by atoms with Crippen LogP contribution in [0.3, 0.4) is 0 Å². The standard InChI is InChI=1S/C17H21NO4/c1-2-3-7-10-18-15(14(20)11-19)16(17(18)21)22-12-13-8-5-4-6-9-13/h1,4-6,8-9,14-16,19-20H,3,7,10-12H2/t14-,15+,16-/m1/s1. The maximum Gasteiger partial charge on any atom is 0.254 e. The molecule has 2 rings (SSSR count). The predicted octanol–water partition coefficient (Wildman–Crippen LogP) is 0.549. The number of aliphatic hydroxyl groups excluding tert-OH is 2. The van der Waals surface area contributed by atoms with Gasteiger partial charge in [-0.25, -0.2) is 0 Å². The molecule has 5 nitrogen and oxygen atoms in total. The molecule has 1 fully saturated rings. The van der Waals surface area contributed by atoms with Crippen molar-refractivity contribution in [3.05, 3.63) is 35.9 Å². The molecule has 1 aliphatic rings. The van der Waals surface area contributed by atoms with E-state index in [1.54, 1.807) is 0 Å². The monoisotopic (exact) mass is 303 g/mol. The molecule has 118 valence electrons. The van der Waals surface area contributed by atoms with Crippen molar-refractivity contribution >= 4 is 5.91 Å². The summed E-state index contributed by atoms with van der Waals surface area (Å²) in [6, 6.07) is 9.00. The van der Waals surface area contributed by atoms with Gasteiger partial charge >= 0.3 is 0 Å². The van der Waals surface area contributed by atoms with E-state index in [0.29, 0.717) is 26.0 Å². The van der Waals surface area contributed by atoms with Crippen LogP contribution in [0.15, 0.2) is 30.3 Å². The normalized spacial score (nSPS) is 22.0. The molecule has 22 heavy (non-hydrogen) atoms. The molecule has 1 amide bonds. The molecule has 1 aliphatic heterocycles. The first-order valence-corrected chi connectivity index (χ1v) is 7.37. The molecular weight excluding hydrogens is 282 g/mol. The fourth-order valence-electron chi connectivity index (χ4n) is 2.60. The highest BCUT2D eigenvalue weighted by molar-refractivity contribution is 5.88. The van der Waals surface area contributed by atoms with Gasteiger partial charge < -0.3 is 19.8 Å². The molecule has 0 radical (unpaired) electrons.